The fourth-order valence-corrected chi connectivity index (χ4v) is 4.02. The highest BCUT2D eigenvalue weighted by molar-refractivity contribution is 5.99. The first kappa shape index (κ1) is 22.3. The molecule has 1 aromatic heterocycles. The number of rotatable bonds is 6. The van der Waals surface area contributed by atoms with E-state index in [1.54, 1.807) is 19.1 Å². The van der Waals surface area contributed by atoms with Crippen molar-refractivity contribution in [2.75, 3.05) is 12.4 Å². The molecule has 0 aliphatic heterocycles. The molecule has 4 aromatic rings. The van der Waals surface area contributed by atoms with E-state index in [1.807, 2.05) is 68.4 Å². The Kier molecular flexibility index (Phi) is 6.29. The van der Waals surface area contributed by atoms with Crippen molar-refractivity contribution in [3.05, 3.63) is 99.2 Å². The van der Waals surface area contributed by atoms with Crippen molar-refractivity contribution < 1.29 is 14.0 Å². The smallest absolute Gasteiger partial charge is 0.276 e. The molecule has 6 heteroatoms. The van der Waals surface area contributed by atoms with Crippen LogP contribution in [0.15, 0.2) is 75.9 Å². The van der Waals surface area contributed by atoms with Crippen molar-refractivity contribution in [3.63, 3.8) is 0 Å². The second-order valence-electron chi connectivity index (χ2n) is 8.03. The summed E-state index contributed by atoms with van der Waals surface area (Å²) in [5.41, 5.74) is 7.15. The maximum Gasteiger partial charge on any atom is 0.276 e. The van der Waals surface area contributed by atoms with Crippen molar-refractivity contribution in [1.82, 2.24) is 5.48 Å². The lowest BCUT2D eigenvalue weighted by Crippen LogP contribution is -2.23. The van der Waals surface area contributed by atoms with E-state index in [0.29, 0.717) is 33.5 Å². The molecule has 1 unspecified atom stereocenters. The van der Waals surface area contributed by atoms with Crippen LogP contribution in [-0.2, 0) is 4.84 Å². The molecule has 0 aliphatic carbocycles. The first-order valence-corrected chi connectivity index (χ1v) is 10.7. The Labute approximate surface area is 192 Å². The van der Waals surface area contributed by atoms with Crippen LogP contribution in [0.2, 0.25) is 0 Å². The van der Waals surface area contributed by atoms with E-state index in [4.69, 9.17) is 9.25 Å². The van der Waals surface area contributed by atoms with Crippen molar-refractivity contribution in [2.45, 2.75) is 26.8 Å². The molecule has 4 rings (SSSR count). The van der Waals surface area contributed by atoms with Crippen molar-refractivity contribution in [2.24, 2.45) is 0 Å². The van der Waals surface area contributed by atoms with E-state index in [-0.39, 0.29) is 17.4 Å². The lowest BCUT2D eigenvalue weighted by Gasteiger charge is -2.20. The minimum atomic E-state index is -0.351. The van der Waals surface area contributed by atoms with Crippen molar-refractivity contribution in [3.8, 4) is 11.3 Å². The summed E-state index contributed by atoms with van der Waals surface area (Å²) in [5, 5.41) is 3.94. The number of para-hydroxylation sites is 1. The lowest BCUT2D eigenvalue weighted by atomic mass is 9.98. The molecule has 0 saturated heterocycles. The average molecular weight is 443 g/mol. The summed E-state index contributed by atoms with van der Waals surface area (Å²) >= 11 is 0. The Morgan fingerprint density at radius 3 is 2.42 bits per heavy atom. The normalized spacial score (nSPS) is 11.9. The molecule has 6 nitrogen and oxygen atoms in total. The van der Waals surface area contributed by atoms with Gasteiger partial charge in [0.05, 0.1) is 24.1 Å². The molecular weight excluding hydrogens is 416 g/mol. The quantitative estimate of drug-likeness (QED) is 0.383. The predicted molar refractivity (Wildman–Crippen MR) is 130 cm³/mol. The zero-order valence-corrected chi connectivity index (χ0v) is 19.1. The van der Waals surface area contributed by atoms with E-state index in [9.17, 15) is 9.59 Å². The van der Waals surface area contributed by atoms with Crippen molar-refractivity contribution >= 4 is 22.6 Å². The molecular formula is C27H26N2O4. The highest BCUT2D eigenvalue weighted by Crippen LogP contribution is 2.32. The van der Waals surface area contributed by atoms with Gasteiger partial charge < -0.3 is 9.73 Å². The van der Waals surface area contributed by atoms with Gasteiger partial charge in [0.15, 0.2) is 5.43 Å². The Bertz CT molecular complexity index is 1380. The van der Waals surface area contributed by atoms with E-state index in [2.05, 4.69) is 10.8 Å². The molecule has 1 atom stereocenters. The predicted octanol–water partition coefficient (Wildman–Crippen LogP) is 5.54. The van der Waals surface area contributed by atoms with Gasteiger partial charge >= 0.3 is 0 Å². The van der Waals surface area contributed by atoms with Gasteiger partial charge in [0.25, 0.3) is 5.91 Å². The number of fused-ring (bicyclic) bond motifs is 1. The average Bonchev–Trinajstić information content (AvgIpc) is 2.82. The van der Waals surface area contributed by atoms with Crippen LogP contribution in [0.1, 0.15) is 40.0 Å². The Morgan fingerprint density at radius 2 is 1.70 bits per heavy atom. The number of hydrogen-bond acceptors (Lipinski definition) is 5. The zero-order valence-electron chi connectivity index (χ0n) is 19.1. The lowest BCUT2D eigenvalue weighted by molar-refractivity contribution is 0.0538. The maximum atomic E-state index is 13.3. The van der Waals surface area contributed by atoms with E-state index in [0.717, 1.165) is 16.7 Å². The first-order valence-electron chi connectivity index (χ1n) is 10.7. The highest BCUT2D eigenvalue weighted by atomic mass is 16.6. The molecule has 168 valence electrons. The van der Waals surface area contributed by atoms with Crippen LogP contribution < -0.4 is 16.2 Å². The molecule has 0 fully saturated rings. The van der Waals surface area contributed by atoms with Gasteiger partial charge in [-0.25, -0.2) is 5.48 Å². The van der Waals surface area contributed by atoms with Gasteiger partial charge in [-0.05, 0) is 44.5 Å². The topological polar surface area (TPSA) is 80.6 Å². The Morgan fingerprint density at radius 1 is 1.00 bits per heavy atom. The second-order valence-corrected chi connectivity index (χ2v) is 8.03. The van der Waals surface area contributed by atoms with E-state index in [1.165, 1.54) is 7.11 Å². The molecule has 0 bridgehead atoms. The fourth-order valence-electron chi connectivity index (χ4n) is 4.02. The fraction of sp³-hybridized carbons (Fsp3) is 0.185. The number of benzene rings is 3. The van der Waals surface area contributed by atoms with E-state index < -0.39 is 0 Å². The summed E-state index contributed by atoms with van der Waals surface area (Å²) in [6, 6.07) is 20.4. The number of anilines is 1. The van der Waals surface area contributed by atoms with Crippen LogP contribution in [0.3, 0.4) is 0 Å². The van der Waals surface area contributed by atoms with Gasteiger partial charge in [0.2, 0.25) is 0 Å². The molecule has 1 heterocycles. The standard InChI is InChI=1S/C27H26N2O4/c1-16-14-21(18(3)28-23-13-9-8-12-20(23)27(31)29-32-4)26-22(15-16)24(30)17(2)25(33-26)19-10-6-5-7-11-19/h5-15,18,28H,1-4H3,(H,29,31). The molecule has 0 saturated carbocycles. The molecule has 1 amide bonds. The number of carbonyl (C=O) groups excluding carboxylic acids is 1. The minimum absolute atomic E-state index is 0.0490. The SMILES string of the molecule is CONC(=O)c1ccccc1NC(C)c1cc(C)cc2c(=O)c(C)c(-c3ccccc3)oc12. The monoisotopic (exact) mass is 442 g/mol. The van der Waals surface area contributed by atoms with Crippen LogP contribution in [0.25, 0.3) is 22.3 Å². The van der Waals surface area contributed by atoms with Crippen LogP contribution in [0.5, 0.6) is 0 Å². The summed E-state index contributed by atoms with van der Waals surface area (Å²) in [6.45, 7) is 5.72. The number of hydroxylamine groups is 1. The van der Waals surface area contributed by atoms with Gasteiger partial charge in [-0.1, -0.05) is 48.5 Å². The number of hydrogen-bond donors (Lipinski definition) is 2. The van der Waals surface area contributed by atoms with Gasteiger partial charge in [-0.15, -0.1) is 0 Å². The number of aryl methyl sites for hydroxylation is 1. The van der Waals surface area contributed by atoms with Gasteiger partial charge in [0.1, 0.15) is 11.3 Å². The molecule has 33 heavy (non-hydrogen) atoms. The minimum Gasteiger partial charge on any atom is -0.455 e. The van der Waals surface area contributed by atoms with Crippen LogP contribution in [0, 0.1) is 13.8 Å². The van der Waals surface area contributed by atoms with Crippen LogP contribution in [0.4, 0.5) is 5.69 Å². The van der Waals surface area contributed by atoms with Crippen molar-refractivity contribution in [1.29, 1.82) is 0 Å². The summed E-state index contributed by atoms with van der Waals surface area (Å²) in [5.74, 6) is 0.209. The molecule has 0 aliphatic rings. The third kappa shape index (κ3) is 4.38. The number of amides is 1. The third-order valence-electron chi connectivity index (χ3n) is 5.63. The van der Waals surface area contributed by atoms with Gasteiger partial charge in [-0.2, -0.15) is 0 Å². The molecule has 3 aromatic carbocycles. The summed E-state index contributed by atoms with van der Waals surface area (Å²) < 4.78 is 6.38. The highest BCUT2D eigenvalue weighted by Gasteiger charge is 2.20. The molecule has 0 spiro atoms. The number of carbonyl (C=O) groups is 1. The second kappa shape index (κ2) is 9.30. The van der Waals surface area contributed by atoms with Crippen LogP contribution in [-0.4, -0.2) is 13.0 Å². The Hall–Kier alpha value is -3.90. The van der Waals surface area contributed by atoms with Gasteiger partial charge in [-0.3, -0.25) is 14.4 Å². The third-order valence-corrected chi connectivity index (χ3v) is 5.63. The largest absolute Gasteiger partial charge is 0.455 e. The first-order chi connectivity index (χ1) is 15.9. The molecule has 2 N–H and O–H groups in total. The summed E-state index contributed by atoms with van der Waals surface area (Å²) in [7, 11) is 1.39. The van der Waals surface area contributed by atoms with Crippen LogP contribution >= 0.6 is 0 Å². The molecule has 0 radical (unpaired) electrons. The zero-order chi connectivity index (χ0) is 23.5. The maximum absolute atomic E-state index is 13.3. The summed E-state index contributed by atoms with van der Waals surface area (Å²) in [4.78, 5) is 30.5. The number of nitrogens with one attached hydrogen (secondary N) is 2. The Balaban J connectivity index is 1.84. The van der Waals surface area contributed by atoms with Gasteiger partial charge in [0, 0.05) is 22.4 Å². The van der Waals surface area contributed by atoms with E-state index >= 15 is 0 Å². The summed E-state index contributed by atoms with van der Waals surface area (Å²) in [6.07, 6.45) is 0.